The van der Waals surface area contributed by atoms with Crippen LogP contribution in [0.5, 0.6) is 0 Å². The van der Waals surface area contributed by atoms with Gasteiger partial charge in [-0.1, -0.05) is 243 Å². The summed E-state index contributed by atoms with van der Waals surface area (Å²) in [6.07, 6.45) is 0. The van der Waals surface area contributed by atoms with Gasteiger partial charge in [0.1, 0.15) is 28.5 Å². The van der Waals surface area contributed by atoms with Crippen molar-refractivity contribution in [3.8, 4) is 89.0 Å². The highest BCUT2D eigenvalue weighted by molar-refractivity contribution is 8.01. The Kier molecular flexibility index (Phi) is 12.7. The van der Waals surface area contributed by atoms with E-state index in [9.17, 15) is 0 Å². The normalized spacial score (nSPS) is 11.3. The van der Waals surface area contributed by atoms with E-state index < -0.39 is 7.26 Å². The van der Waals surface area contributed by atoms with Crippen LogP contribution >= 0.6 is 7.26 Å². The topological polar surface area (TPSA) is 0 Å². The van der Waals surface area contributed by atoms with Crippen LogP contribution in [0, 0.1) is 0 Å². The van der Waals surface area contributed by atoms with Gasteiger partial charge in [0.25, 0.3) is 0 Å². The second-order valence-corrected chi connectivity index (χ2v) is 22.1. The molecule has 0 bridgehead atoms. The van der Waals surface area contributed by atoms with Crippen molar-refractivity contribution < 1.29 is 0 Å². The predicted octanol–water partition coefficient (Wildman–Crippen LogP) is 17.6. The first-order valence-electron chi connectivity index (χ1n) is 25.1. The van der Waals surface area contributed by atoms with Crippen LogP contribution in [0.2, 0.25) is 0 Å². The maximum atomic E-state index is 2.53. The van der Waals surface area contributed by atoms with Gasteiger partial charge in [-0.3, -0.25) is 0 Å². The molecule has 0 amide bonds. The molecule has 0 radical (unpaired) electrons. The van der Waals surface area contributed by atoms with E-state index in [4.69, 9.17) is 0 Å². The summed E-state index contributed by atoms with van der Waals surface area (Å²) in [4.78, 5) is 0. The average molecular weight is 948 g/mol. The predicted molar refractivity (Wildman–Crippen MR) is 315 cm³/mol. The van der Waals surface area contributed by atoms with Crippen molar-refractivity contribution in [1.29, 1.82) is 0 Å². The zero-order valence-electron chi connectivity index (χ0n) is 40.5. The molecular formula is C72H52P+. The molecule has 0 aliphatic heterocycles. The smallest absolute Gasteiger partial charge is 0.0622 e. The van der Waals surface area contributed by atoms with Crippen molar-refractivity contribution >= 4 is 28.5 Å². The van der Waals surface area contributed by atoms with E-state index in [0.29, 0.717) is 0 Å². The minimum atomic E-state index is -3.08. The Morgan fingerprint density at radius 1 is 0.123 bits per heavy atom. The van der Waals surface area contributed by atoms with Gasteiger partial charge >= 0.3 is 0 Å². The first-order chi connectivity index (χ1) is 36.2. The van der Waals surface area contributed by atoms with E-state index in [1.165, 1.54) is 110 Å². The summed E-state index contributed by atoms with van der Waals surface area (Å²) >= 11 is 0. The molecule has 0 heterocycles. The Morgan fingerprint density at radius 2 is 0.247 bits per heavy atom. The molecule has 0 saturated carbocycles. The van der Waals surface area contributed by atoms with Crippen molar-refractivity contribution in [2.24, 2.45) is 0 Å². The Bertz CT molecular complexity index is 3040. The van der Waals surface area contributed by atoms with Crippen LogP contribution in [0.3, 0.4) is 0 Å². The monoisotopic (exact) mass is 947 g/mol. The van der Waals surface area contributed by atoms with Crippen molar-refractivity contribution in [3.05, 3.63) is 315 Å². The standard InChI is InChI=1S/C72H52P/c1-9-25-53(26-10-1)61-41-62(54-27-11-2-12-28-54)46-69(45-61)73(70-47-63(55-29-13-3-14-30-55)42-64(48-70)56-31-15-4-16-32-56,71-49-65(57-33-17-5-18-34-57)43-66(50-71)58-35-19-6-20-36-58)72-51-67(59-37-21-7-22-38-59)44-68(52-72)60-39-23-8-24-40-60/h1-52H/q+1. The molecule has 1 heteroatoms. The fourth-order valence-electron chi connectivity index (χ4n) is 10.5. The highest BCUT2D eigenvalue weighted by Gasteiger charge is 2.50. The molecule has 0 atom stereocenters. The molecule has 0 aromatic heterocycles. The molecule has 0 saturated heterocycles. The molecule has 0 spiro atoms. The Hall–Kier alpha value is -8.93. The number of hydrogen-bond acceptors (Lipinski definition) is 0. The van der Waals surface area contributed by atoms with E-state index in [1.807, 2.05) is 0 Å². The van der Waals surface area contributed by atoms with Crippen LogP contribution in [0.1, 0.15) is 0 Å². The zero-order valence-corrected chi connectivity index (χ0v) is 41.4. The highest BCUT2D eigenvalue weighted by Crippen LogP contribution is 2.58. The molecular weight excluding hydrogens is 896 g/mol. The van der Waals surface area contributed by atoms with Crippen LogP contribution < -0.4 is 21.2 Å². The van der Waals surface area contributed by atoms with Crippen LogP contribution in [0.15, 0.2) is 315 Å². The highest BCUT2D eigenvalue weighted by atomic mass is 31.2. The van der Waals surface area contributed by atoms with E-state index in [-0.39, 0.29) is 0 Å². The van der Waals surface area contributed by atoms with Crippen LogP contribution in [-0.4, -0.2) is 0 Å². The molecule has 0 aliphatic rings. The molecule has 73 heavy (non-hydrogen) atoms. The minimum absolute atomic E-state index is 1.17. The molecule has 0 unspecified atom stereocenters. The number of benzene rings is 12. The van der Waals surface area contributed by atoms with Crippen molar-refractivity contribution in [2.45, 2.75) is 0 Å². The number of hydrogen-bond donors (Lipinski definition) is 0. The molecule has 12 aromatic rings. The molecule has 0 N–H and O–H groups in total. The second kappa shape index (κ2) is 20.4. The van der Waals surface area contributed by atoms with Gasteiger partial charge in [-0.05, 0) is 162 Å². The lowest BCUT2D eigenvalue weighted by atomic mass is 9.98. The second-order valence-electron chi connectivity index (χ2n) is 18.7. The molecule has 0 aliphatic carbocycles. The Labute approximate surface area is 430 Å². The third-order valence-electron chi connectivity index (χ3n) is 14.1. The van der Waals surface area contributed by atoms with Gasteiger partial charge in [0.2, 0.25) is 0 Å². The molecule has 344 valence electrons. The fraction of sp³-hybridized carbons (Fsp3) is 0. The third kappa shape index (κ3) is 9.30. The van der Waals surface area contributed by atoms with Gasteiger partial charge in [-0.2, -0.15) is 0 Å². The van der Waals surface area contributed by atoms with Gasteiger partial charge in [-0.15, -0.1) is 0 Å². The van der Waals surface area contributed by atoms with Crippen LogP contribution in [-0.2, 0) is 0 Å². The minimum Gasteiger partial charge on any atom is -0.0622 e. The van der Waals surface area contributed by atoms with E-state index >= 15 is 0 Å². The summed E-state index contributed by atoms with van der Waals surface area (Å²) in [5.41, 5.74) is 18.8. The van der Waals surface area contributed by atoms with E-state index in [2.05, 4.69) is 315 Å². The van der Waals surface area contributed by atoms with E-state index in [0.717, 1.165) is 0 Å². The average Bonchev–Trinajstić information content (AvgIpc) is 3.49. The van der Waals surface area contributed by atoms with Gasteiger partial charge in [0.15, 0.2) is 0 Å². The molecule has 12 rings (SSSR count). The van der Waals surface area contributed by atoms with Crippen molar-refractivity contribution in [3.63, 3.8) is 0 Å². The Balaban J connectivity index is 1.32. The first-order valence-corrected chi connectivity index (χ1v) is 26.9. The van der Waals surface area contributed by atoms with Crippen molar-refractivity contribution in [2.75, 3.05) is 0 Å². The van der Waals surface area contributed by atoms with Gasteiger partial charge < -0.3 is 0 Å². The maximum Gasteiger partial charge on any atom is 0.144 e. The quantitative estimate of drug-likeness (QED) is 0.107. The van der Waals surface area contributed by atoms with Crippen LogP contribution in [0.4, 0.5) is 0 Å². The van der Waals surface area contributed by atoms with Crippen molar-refractivity contribution in [1.82, 2.24) is 0 Å². The van der Waals surface area contributed by atoms with Gasteiger partial charge in [-0.25, -0.2) is 0 Å². The third-order valence-corrected chi connectivity index (χ3v) is 18.2. The summed E-state index contributed by atoms with van der Waals surface area (Å²) in [5.74, 6) is 0. The summed E-state index contributed by atoms with van der Waals surface area (Å²) in [6.45, 7) is 0. The summed E-state index contributed by atoms with van der Waals surface area (Å²) in [5, 5.41) is 5.08. The number of rotatable bonds is 12. The lowest BCUT2D eigenvalue weighted by molar-refractivity contribution is 1.58. The zero-order chi connectivity index (χ0) is 48.8. The van der Waals surface area contributed by atoms with E-state index in [1.54, 1.807) is 0 Å². The fourth-order valence-corrected chi connectivity index (χ4v) is 14.9. The molecule has 0 fully saturated rings. The summed E-state index contributed by atoms with van der Waals surface area (Å²) in [6, 6.07) is 117. The first kappa shape index (κ1) is 45.2. The largest absolute Gasteiger partial charge is 0.144 e. The summed E-state index contributed by atoms with van der Waals surface area (Å²) in [7, 11) is -3.08. The summed E-state index contributed by atoms with van der Waals surface area (Å²) < 4.78 is 0. The Morgan fingerprint density at radius 3 is 0.370 bits per heavy atom. The SMILES string of the molecule is c1ccc(-c2cc(-c3ccccc3)cc([P+](c3cc(-c4ccccc4)cc(-c4ccccc4)c3)(c3cc(-c4ccccc4)cc(-c4ccccc4)c3)c3cc(-c4ccccc4)cc(-c4ccccc4)c3)c2)cc1. The lowest BCUT2D eigenvalue weighted by Gasteiger charge is -2.31. The lowest BCUT2D eigenvalue weighted by Crippen LogP contribution is -2.39. The van der Waals surface area contributed by atoms with Gasteiger partial charge in [0.05, 0.1) is 0 Å². The maximum absolute atomic E-state index is 3.08. The molecule has 12 aromatic carbocycles. The molecule has 0 nitrogen and oxygen atoms in total. The van der Waals surface area contributed by atoms with Crippen LogP contribution in [0.25, 0.3) is 89.0 Å². The van der Waals surface area contributed by atoms with Gasteiger partial charge in [0, 0.05) is 0 Å².